The molecule has 31 heavy (non-hydrogen) atoms. The first-order valence-electron chi connectivity index (χ1n) is 9.65. The van der Waals surface area contributed by atoms with Gasteiger partial charge in [-0.2, -0.15) is 0 Å². The molecule has 0 unspecified atom stereocenters. The van der Waals surface area contributed by atoms with Crippen LogP contribution in [0.1, 0.15) is 10.4 Å². The van der Waals surface area contributed by atoms with Crippen molar-refractivity contribution in [2.45, 2.75) is 0 Å². The van der Waals surface area contributed by atoms with Gasteiger partial charge in [0.25, 0.3) is 5.91 Å². The van der Waals surface area contributed by atoms with Gasteiger partial charge in [-0.05, 0) is 30.3 Å². The minimum Gasteiger partial charge on any atom is -0.493 e. The summed E-state index contributed by atoms with van der Waals surface area (Å²) < 4.78 is 49.1. The molecule has 1 fully saturated rings. The molecular formula is C21H26FN3O5S. The van der Waals surface area contributed by atoms with Gasteiger partial charge >= 0.3 is 0 Å². The van der Waals surface area contributed by atoms with Gasteiger partial charge in [-0.3, -0.25) is 9.10 Å². The zero-order valence-corrected chi connectivity index (χ0v) is 18.8. The highest BCUT2D eigenvalue weighted by Gasteiger charge is 2.28. The number of halogens is 1. The fourth-order valence-corrected chi connectivity index (χ4v) is 3.98. The van der Waals surface area contributed by atoms with Crippen LogP contribution in [0.5, 0.6) is 11.5 Å². The number of amides is 1. The number of sulfonamides is 1. The molecule has 168 valence electrons. The summed E-state index contributed by atoms with van der Waals surface area (Å²) in [5.74, 6) is 0.0610. The van der Waals surface area contributed by atoms with Crippen molar-refractivity contribution in [1.82, 2.24) is 4.90 Å². The van der Waals surface area contributed by atoms with Crippen LogP contribution in [0.4, 0.5) is 15.8 Å². The maximum Gasteiger partial charge on any atom is 0.256 e. The van der Waals surface area contributed by atoms with Crippen molar-refractivity contribution < 1.29 is 27.1 Å². The van der Waals surface area contributed by atoms with E-state index in [1.54, 1.807) is 17.0 Å². The van der Waals surface area contributed by atoms with Crippen LogP contribution in [0, 0.1) is 5.82 Å². The predicted octanol–water partition coefficient (Wildman–Crippen LogP) is 2.20. The van der Waals surface area contributed by atoms with E-state index in [1.165, 1.54) is 45.5 Å². The van der Waals surface area contributed by atoms with Gasteiger partial charge in [0, 0.05) is 45.0 Å². The van der Waals surface area contributed by atoms with Crippen molar-refractivity contribution in [2.75, 3.05) is 62.9 Å². The van der Waals surface area contributed by atoms with Crippen LogP contribution < -0.4 is 18.7 Å². The molecular weight excluding hydrogens is 425 g/mol. The van der Waals surface area contributed by atoms with Crippen molar-refractivity contribution in [2.24, 2.45) is 0 Å². The third kappa shape index (κ3) is 4.84. The molecule has 2 aromatic rings. The van der Waals surface area contributed by atoms with E-state index in [0.29, 0.717) is 37.7 Å². The average molecular weight is 452 g/mol. The Bertz CT molecular complexity index is 1050. The highest BCUT2D eigenvalue weighted by molar-refractivity contribution is 7.92. The second kappa shape index (κ2) is 9.01. The number of nitrogens with zero attached hydrogens (tertiary/aromatic N) is 3. The summed E-state index contributed by atoms with van der Waals surface area (Å²) >= 11 is 0. The van der Waals surface area contributed by atoms with Gasteiger partial charge in [0.2, 0.25) is 10.0 Å². The number of methoxy groups -OCH3 is 2. The van der Waals surface area contributed by atoms with Crippen LogP contribution in [0.2, 0.25) is 0 Å². The Kier molecular flexibility index (Phi) is 6.59. The maximum atomic E-state index is 13.3. The molecule has 8 nitrogen and oxygen atoms in total. The van der Waals surface area contributed by atoms with Gasteiger partial charge in [0.1, 0.15) is 5.82 Å². The highest BCUT2D eigenvalue weighted by Crippen LogP contribution is 2.36. The summed E-state index contributed by atoms with van der Waals surface area (Å²) in [5.41, 5.74) is 1.31. The van der Waals surface area contributed by atoms with Gasteiger partial charge in [0.15, 0.2) is 11.5 Å². The number of benzene rings is 2. The minimum atomic E-state index is -3.61. The molecule has 0 saturated carbocycles. The largest absolute Gasteiger partial charge is 0.493 e. The lowest BCUT2D eigenvalue weighted by Crippen LogP contribution is -2.49. The Labute approximate surface area is 181 Å². The van der Waals surface area contributed by atoms with E-state index >= 15 is 0 Å². The maximum absolute atomic E-state index is 13.3. The number of carbonyl (C=O) groups is 1. The number of hydrogen-bond acceptors (Lipinski definition) is 6. The Morgan fingerprint density at radius 1 is 1.00 bits per heavy atom. The molecule has 1 heterocycles. The van der Waals surface area contributed by atoms with Crippen LogP contribution in [0.3, 0.4) is 0 Å². The van der Waals surface area contributed by atoms with Crippen LogP contribution in [-0.4, -0.2) is 72.9 Å². The lowest BCUT2D eigenvalue weighted by Gasteiger charge is -2.36. The zero-order chi connectivity index (χ0) is 22.8. The summed E-state index contributed by atoms with van der Waals surface area (Å²) in [6.45, 7) is 2.02. The molecule has 0 aromatic heterocycles. The molecule has 1 saturated heterocycles. The van der Waals surface area contributed by atoms with Gasteiger partial charge in [-0.15, -0.1) is 0 Å². The van der Waals surface area contributed by atoms with E-state index < -0.39 is 10.0 Å². The van der Waals surface area contributed by atoms with Gasteiger partial charge < -0.3 is 19.3 Å². The summed E-state index contributed by atoms with van der Waals surface area (Å²) in [6.07, 6.45) is 1.07. The van der Waals surface area contributed by atoms with Crippen molar-refractivity contribution in [3.8, 4) is 11.5 Å². The van der Waals surface area contributed by atoms with E-state index in [4.69, 9.17) is 9.47 Å². The standard InChI is InChI=1S/C21H26FN3O5S/c1-23(31(4,27)28)18-14-20(30-3)19(29-2)13-17(18)21(26)25-11-9-24(10-12-25)16-7-5-15(22)6-8-16/h5-8,13-14H,9-12H2,1-4H3. The zero-order valence-electron chi connectivity index (χ0n) is 18.0. The number of ether oxygens (including phenoxy) is 2. The number of piperazine rings is 1. The van der Waals surface area contributed by atoms with E-state index in [2.05, 4.69) is 4.90 Å². The Balaban J connectivity index is 1.87. The van der Waals surface area contributed by atoms with Crippen molar-refractivity contribution in [3.63, 3.8) is 0 Å². The van der Waals surface area contributed by atoms with Gasteiger partial charge in [-0.25, -0.2) is 12.8 Å². The summed E-state index contributed by atoms with van der Waals surface area (Å²) in [7, 11) is 0.675. The molecule has 0 atom stereocenters. The number of anilines is 2. The van der Waals surface area contributed by atoms with Crippen molar-refractivity contribution >= 4 is 27.3 Å². The topological polar surface area (TPSA) is 79.4 Å². The first-order valence-corrected chi connectivity index (χ1v) is 11.5. The first-order chi connectivity index (χ1) is 14.7. The second-order valence-electron chi connectivity index (χ2n) is 7.21. The molecule has 0 N–H and O–H groups in total. The molecule has 2 aromatic carbocycles. The monoisotopic (exact) mass is 451 g/mol. The normalized spacial score (nSPS) is 14.4. The number of carbonyl (C=O) groups excluding carboxylic acids is 1. The molecule has 0 spiro atoms. The fourth-order valence-electron chi connectivity index (χ4n) is 3.47. The summed E-state index contributed by atoms with van der Waals surface area (Å²) in [5, 5.41) is 0. The quantitative estimate of drug-likeness (QED) is 0.670. The molecule has 10 heteroatoms. The lowest BCUT2D eigenvalue weighted by molar-refractivity contribution is 0.0747. The van der Waals surface area contributed by atoms with E-state index in [1.807, 2.05) is 0 Å². The molecule has 1 aliphatic heterocycles. The Hall–Kier alpha value is -3.01. The minimum absolute atomic E-state index is 0.209. The molecule has 1 aliphatic rings. The van der Waals surface area contributed by atoms with Crippen molar-refractivity contribution in [3.05, 3.63) is 47.8 Å². The SMILES string of the molecule is COc1cc(C(=O)N2CCN(c3ccc(F)cc3)CC2)c(N(C)S(C)(=O)=O)cc1OC. The molecule has 0 radical (unpaired) electrons. The highest BCUT2D eigenvalue weighted by atomic mass is 32.2. The number of hydrogen-bond donors (Lipinski definition) is 0. The third-order valence-corrected chi connectivity index (χ3v) is 6.52. The number of rotatable bonds is 6. The van der Waals surface area contributed by atoms with Crippen LogP contribution in [0.25, 0.3) is 0 Å². The average Bonchev–Trinajstić information content (AvgIpc) is 2.77. The van der Waals surface area contributed by atoms with Gasteiger partial charge in [0.05, 0.1) is 31.7 Å². The van der Waals surface area contributed by atoms with Crippen LogP contribution in [-0.2, 0) is 10.0 Å². The van der Waals surface area contributed by atoms with Crippen LogP contribution in [0.15, 0.2) is 36.4 Å². The summed E-state index contributed by atoms with van der Waals surface area (Å²) in [4.78, 5) is 17.1. The molecule has 1 amide bonds. The molecule has 0 aliphatic carbocycles. The third-order valence-electron chi connectivity index (χ3n) is 5.33. The van der Waals surface area contributed by atoms with E-state index in [9.17, 15) is 17.6 Å². The summed E-state index contributed by atoms with van der Waals surface area (Å²) in [6, 6.07) is 9.22. The Morgan fingerprint density at radius 2 is 1.55 bits per heavy atom. The predicted molar refractivity (Wildman–Crippen MR) is 117 cm³/mol. The van der Waals surface area contributed by atoms with Gasteiger partial charge in [-0.1, -0.05) is 0 Å². The molecule has 0 bridgehead atoms. The van der Waals surface area contributed by atoms with E-state index in [-0.39, 0.29) is 23.0 Å². The van der Waals surface area contributed by atoms with Crippen molar-refractivity contribution in [1.29, 1.82) is 0 Å². The first kappa shape index (κ1) is 22.7. The lowest BCUT2D eigenvalue weighted by atomic mass is 10.1. The van der Waals surface area contributed by atoms with E-state index in [0.717, 1.165) is 16.2 Å². The Morgan fingerprint density at radius 3 is 2.06 bits per heavy atom. The fraction of sp³-hybridized carbons (Fsp3) is 0.381. The smallest absolute Gasteiger partial charge is 0.256 e. The second-order valence-corrected chi connectivity index (χ2v) is 9.22. The molecule has 3 rings (SSSR count). The van der Waals surface area contributed by atoms with Crippen LogP contribution >= 0.6 is 0 Å².